The van der Waals surface area contributed by atoms with Crippen LogP contribution in [0.1, 0.15) is 24.1 Å². The predicted molar refractivity (Wildman–Crippen MR) is 86.5 cm³/mol. The van der Waals surface area contributed by atoms with Gasteiger partial charge in [-0.3, -0.25) is 0 Å². The molecule has 4 heteroatoms. The van der Waals surface area contributed by atoms with Gasteiger partial charge in [-0.05, 0) is 36.4 Å². The lowest BCUT2D eigenvalue weighted by molar-refractivity contribution is 0.387. The summed E-state index contributed by atoms with van der Waals surface area (Å²) in [7, 11) is 3.32. The summed E-state index contributed by atoms with van der Waals surface area (Å²) in [5.74, 6) is 1.58. The van der Waals surface area contributed by atoms with Crippen molar-refractivity contribution in [2.75, 3.05) is 20.8 Å². The summed E-state index contributed by atoms with van der Waals surface area (Å²) in [4.78, 5) is 0. The van der Waals surface area contributed by atoms with Gasteiger partial charge in [0.05, 0.1) is 20.3 Å². The molecule has 0 saturated heterocycles. The standard InChI is InChI=1S/C17H20ClNO2/c1-4-19-17(12-5-7-13(18)8-6-12)15-10-9-14(20-2)11-16(15)21-3/h5-11,17,19H,4H2,1-3H3. The lowest BCUT2D eigenvalue weighted by Gasteiger charge is -2.22. The molecule has 0 spiro atoms. The average molecular weight is 306 g/mol. The van der Waals surface area contributed by atoms with Gasteiger partial charge in [-0.25, -0.2) is 0 Å². The Morgan fingerprint density at radius 1 is 1.05 bits per heavy atom. The first-order chi connectivity index (χ1) is 10.2. The van der Waals surface area contributed by atoms with Gasteiger partial charge in [-0.15, -0.1) is 0 Å². The maximum Gasteiger partial charge on any atom is 0.127 e. The number of hydrogen-bond donors (Lipinski definition) is 1. The smallest absolute Gasteiger partial charge is 0.127 e. The van der Waals surface area contributed by atoms with E-state index in [9.17, 15) is 0 Å². The normalized spacial score (nSPS) is 12.0. The molecule has 3 nitrogen and oxygen atoms in total. The molecule has 0 aliphatic carbocycles. The Labute approximate surface area is 130 Å². The van der Waals surface area contributed by atoms with Crippen LogP contribution in [0.2, 0.25) is 5.02 Å². The molecule has 1 unspecified atom stereocenters. The van der Waals surface area contributed by atoms with Gasteiger partial charge in [0.1, 0.15) is 11.5 Å². The third kappa shape index (κ3) is 3.69. The van der Waals surface area contributed by atoms with Crippen LogP contribution in [0.3, 0.4) is 0 Å². The molecule has 0 heterocycles. The van der Waals surface area contributed by atoms with E-state index in [1.165, 1.54) is 0 Å². The van der Waals surface area contributed by atoms with E-state index in [0.717, 1.165) is 34.2 Å². The van der Waals surface area contributed by atoms with Gasteiger partial charge in [0.25, 0.3) is 0 Å². The third-order valence-corrected chi connectivity index (χ3v) is 3.62. The zero-order chi connectivity index (χ0) is 15.2. The number of rotatable bonds is 6. The van der Waals surface area contributed by atoms with Gasteiger partial charge < -0.3 is 14.8 Å². The second-order valence-electron chi connectivity index (χ2n) is 4.65. The number of methoxy groups -OCH3 is 2. The van der Waals surface area contributed by atoms with E-state index in [2.05, 4.69) is 12.2 Å². The lowest BCUT2D eigenvalue weighted by atomic mass is 9.97. The van der Waals surface area contributed by atoms with Crippen LogP contribution in [-0.4, -0.2) is 20.8 Å². The van der Waals surface area contributed by atoms with Crippen LogP contribution in [0.4, 0.5) is 0 Å². The van der Waals surface area contributed by atoms with Crippen LogP contribution >= 0.6 is 11.6 Å². The molecule has 0 amide bonds. The van der Waals surface area contributed by atoms with Crippen molar-refractivity contribution in [3.05, 3.63) is 58.6 Å². The van der Waals surface area contributed by atoms with Crippen LogP contribution < -0.4 is 14.8 Å². The fraction of sp³-hybridized carbons (Fsp3) is 0.294. The number of nitrogens with one attached hydrogen (secondary N) is 1. The first kappa shape index (κ1) is 15.7. The minimum atomic E-state index is 0.0492. The van der Waals surface area contributed by atoms with Crippen LogP contribution in [-0.2, 0) is 0 Å². The second-order valence-corrected chi connectivity index (χ2v) is 5.09. The minimum absolute atomic E-state index is 0.0492. The van der Waals surface area contributed by atoms with Crippen LogP contribution in [0.5, 0.6) is 11.5 Å². The van der Waals surface area contributed by atoms with Crippen molar-refractivity contribution in [1.29, 1.82) is 0 Å². The largest absolute Gasteiger partial charge is 0.497 e. The highest BCUT2D eigenvalue weighted by molar-refractivity contribution is 6.30. The highest BCUT2D eigenvalue weighted by Crippen LogP contribution is 2.33. The molecule has 2 aromatic carbocycles. The summed E-state index contributed by atoms with van der Waals surface area (Å²) in [6.45, 7) is 2.93. The average Bonchev–Trinajstić information content (AvgIpc) is 2.53. The fourth-order valence-electron chi connectivity index (χ4n) is 2.32. The molecule has 0 aliphatic heterocycles. The van der Waals surface area contributed by atoms with Crippen LogP contribution in [0, 0.1) is 0 Å². The zero-order valence-corrected chi connectivity index (χ0v) is 13.3. The van der Waals surface area contributed by atoms with Crippen LogP contribution in [0.15, 0.2) is 42.5 Å². The van der Waals surface area contributed by atoms with Crippen molar-refractivity contribution < 1.29 is 9.47 Å². The summed E-state index contributed by atoms with van der Waals surface area (Å²) >= 11 is 5.98. The number of benzene rings is 2. The Bertz CT molecular complexity index is 584. The highest BCUT2D eigenvalue weighted by atomic mass is 35.5. The highest BCUT2D eigenvalue weighted by Gasteiger charge is 2.18. The van der Waals surface area contributed by atoms with E-state index in [1.54, 1.807) is 14.2 Å². The molecule has 0 saturated carbocycles. The van der Waals surface area contributed by atoms with E-state index in [-0.39, 0.29) is 6.04 Å². The Hall–Kier alpha value is -1.71. The van der Waals surface area contributed by atoms with Crippen LogP contribution in [0.25, 0.3) is 0 Å². The molecule has 112 valence electrons. The molecule has 0 aliphatic rings. The molecule has 21 heavy (non-hydrogen) atoms. The molecule has 1 atom stereocenters. The quantitative estimate of drug-likeness (QED) is 0.873. The zero-order valence-electron chi connectivity index (χ0n) is 12.5. The number of halogens is 1. The van der Waals surface area contributed by atoms with Crippen molar-refractivity contribution >= 4 is 11.6 Å². The summed E-state index contributed by atoms with van der Waals surface area (Å²) < 4.78 is 10.8. The van der Waals surface area contributed by atoms with E-state index in [4.69, 9.17) is 21.1 Å². The minimum Gasteiger partial charge on any atom is -0.497 e. The molecular weight excluding hydrogens is 286 g/mol. The van der Waals surface area contributed by atoms with Crippen molar-refractivity contribution in [2.24, 2.45) is 0 Å². The number of ether oxygens (including phenoxy) is 2. The molecule has 2 aromatic rings. The molecule has 0 fully saturated rings. The fourth-order valence-corrected chi connectivity index (χ4v) is 2.45. The lowest BCUT2D eigenvalue weighted by Crippen LogP contribution is -2.22. The Kier molecular flexibility index (Phi) is 5.48. The Balaban J connectivity index is 2.44. The van der Waals surface area contributed by atoms with E-state index in [0.29, 0.717) is 0 Å². The predicted octanol–water partition coefficient (Wildman–Crippen LogP) is 4.06. The van der Waals surface area contributed by atoms with Gasteiger partial charge in [0.2, 0.25) is 0 Å². The second kappa shape index (κ2) is 7.34. The van der Waals surface area contributed by atoms with Gasteiger partial charge in [0.15, 0.2) is 0 Å². The van der Waals surface area contributed by atoms with Crippen molar-refractivity contribution in [2.45, 2.75) is 13.0 Å². The Morgan fingerprint density at radius 2 is 1.76 bits per heavy atom. The third-order valence-electron chi connectivity index (χ3n) is 3.36. The first-order valence-electron chi connectivity index (χ1n) is 6.90. The van der Waals surface area contributed by atoms with Gasteiger partial charge in [0, 0.05) is 16.7 Å². The number of hydrogen-bond acceptors (Lipinski definition) is 3. The molecular formula is C17H20ClNO2. The van der Waals surface area contributed by atoms with E-state index in [1.807, 2.05) is 42.5 Å². The first-order valence-corrected chi connectivity index (χ1v) is 7.28. The summed E-state index contributed by atoms with van der Waals surface area (Å²) in [6.07, 6.45) is 0. The topological polar surface area (TPSA) is 30.5 Å². The van der Waals surface area contributed by atoms with Gasteiger partial charge in [-0.1, -0.05) is 30.7 Å². The maximum atomic E-state index is 5.98. The molecule has 1 N–H and O–H groups in total. The summed E-state index contributed by atoms with van der Waals surface area (Å²) in [5, 5.41) is 4.22. The Morgan fingerprint density at radius 3 is 2.33 bits per heavy atom. The monoisotopic (exact) mass is 305 g/mol. The summed E-state index contributed by atoms with van der Waals surface area (Å²) in [5.41, 5.74) is 2.21. The molecule has 0 bridgehead atoms. The maximum absolute atomic E-state index is 5.98. The van der Waals surface area contributed by atoms with E-state index >= 15 is 0 Å². The van der Waals surface area contributed by atoms with Gasteiger partial charge >= 0.3 is 0 Å². The molecule has 2 rings (SSSR count). The van der Waals surface area contributed by atoms with Crippen molar-refractivity contribution in [3.63, 3.8) is 0 Å². The summed E-state index contributed by atoms with van der Waals surface area (Å²) in [6, 6.07) is 13.8. The molecule has 0 aromatic heterocycles. The van der Waals surface area contributed by atoms with Gasteiger partial charge in [-0.2, -0.15) is 0 Å². The van der Waals surface area contributed by atoms with E-state index < -0.39 is 0 Å². The SMILES string of the molecule is CCNC(c1ccc(Cl)cc1)c1ccc(OC)cc1OC. The van der Waals surface area contributed by atoms with Crippen molar-refractivity contribution in [3.8, 4) is 11.5 Å². The molecule has 0 radical (unpaired) electrons. The van der Waals surface area contributed by atoms with Crippen molar-refractivity contribution in [1.82, 2.24) is 5.32 Å².